The van der Waals surface area contributed by atoms with E-state index in [-0.39, 0.29) is 50.2 Å². The molecule has 0 spiro atoms. The van der Waals surface area contributed by atoms with Crippen LogP contribution in [0.2, 0.25) is 0 Å². The quantitative estimate of drug-likeness (QED) is 0.288. The van der Waals surface area contributed by atoms with Crippen molar-refractivity contribution in [3.8, 4) is 0 Å². The number of aliphatic hydroxyl groups is 2. The molecule has 3 heterocycles. The van der Waals surface area contributed by atoms with Crippen LogP contribution in [0.4, 0.5) is 0 Å². The molecule has 2 aliphatic rings. The van der Waals surface area contributed by atoms with Crippen molar-refractivity contribution in [1.82, 2.24) is 0 Å². The lowest BCUT2D eigenvalue weighted by Gasteiger charge is -2.11. The Bertz CT molecular complexity index is 610. The van der Waals surface area contributed by atoms with Crippen molar-refractivity contribution in [2.75, 3.05) is 52.9 Å². The minimum atomic E-state index is -0.993. The molecule has 2 aliphatic heterocycles. The summed E-state index contributed by atoms with van der Waals surface area (Å²) in [5.41, 5.74) is 0. The Labute approximate surface area is 166 Å². The predicted octanol–water partition coefficient (Wildman–Crippen LogP) is -0.854. The van der Waals surface area contributed by atoms with Gasteiger partial charge in [-0.05, 0) is 12.1 Å². The number of hydrogen-bond acceptors (Lipinski definition) is 11. The number of carbonyl (C=O) groups excluding carboxylic acids is 2. The molecule has 0 radical (unpaired) electrons. The van der Waals surface area contributed by atoms with E-state index in [9.17, 15) is 19.8 Å². The molecule has 3 rings (SSSR count). The highest BCUT2D eigenvalue weighted by Crippen LogP contribution is 2.12. The molecular weight excluding hydrogens is 392 g/mol. The Balaban J connectivity index is 1.31. The normalized spacial score (nSPS) is 22.0. The van der Waals surface area contributed by atoms with E-state index < -0.39 is 24.1 Å². The van der Waals surface area contributed by atoms with Crippen LogP contribution in [-0.2, 0) is 28.4 Å². The number of furan rings is 1. The molecule has 0 aliphatic carbocycles. The summed E-state index contributed by atoms with van der Waals surface area (Å²) in [6.45, 7) is 1.49. The molecular formula is C18H24O11. The minimum Gasteiger partial charge on any atom is -0.457 e. The molecule has 2 fully saturated rings. The van der Waals surface area contributed by atoms with Crippen LogP contribution < -0.4 is 0 Å². The Morgan fingerprint density at radius 1 is 0.862 bits per heavy atom. The molecule has 11 heteroatoms. The highest BCUT2D eigenvalue weighted by molar-refractivity contribution is 5.90. The first-order chi connectivity index (χ1) is 14.0. The van der Waals surface area contributed by atoms with Gasteiger partial charge in [-0.1, -0.05) is 0 Å². The van der Waals surface area contributed by atoms with E-state index in [4.69, 9.17) is 32.8 Å². The Hall–Kier alpha value is -2.02. The zero-order chi connectivity index (χ0) is 20.6. The fraction of sp³-hybridized carbons (Fsp3) is 0.667. The second-order valence-corrected chi connectivity index (χ2v) is 6.65. The highest BCUT2D eigenvalue weighted by Gasteiger charge is 2.24. The second kappa shape index (κ2) is 10.7. The van der Waals surface area contributed by atoms with Gasteiger partial charge in [0.15, 0.2) is 0 Å². The zero-order valence-corrected chi connectivity index (χ0v) is 15.7. The minimum absolute atomic E-state index is 0.00257. The smallest absolute Gasteiger partial charge is 0.374 e. The first-order valence-corrected chi connectivity index (χ1v) is 9.20. The van der Waals surface area contributed by atoms with Gasteiger partial charge in [-0.15, -0.1) is 0 Å². The van der Waals surface area contributed by atoms with Crippen LogP contribution in [-0.4, -0.2) is 99.4 Å². The molecule has 4 unspecified atom stereocenters. The summed E-state index contributed by atoms with van der Waals surface area (Å²) < 4.78 is 35.2. The molecule has 2 saturated heterocycles. The van der Waals surface area contributed by atoms with Gasteiger partial charge in [0.25, 0.3) is 0 Å². The van der Waals surface area contributed by atoms with Crippen LogP contribution >= 0.6 is 0 Å². The highest BCUT2D eigenvalue weighted by atomic mass is 16.6. The summed E-state index contributed by atoms with van der Waals surface area (Å²) >= 11 is 0. The average Bonchev–Trinajstić information content (AvgIpc) is 3.64. The van der Waals surface area contributed by atoms with E-state index >= 15 is 0 Å². The maximum absolute atomic E-state index is 11.9. The van der Waals surface area contributed by atoms with Gasteiger partial charge < -0.3 is 43.1 Å². The summed E-state index contributed by atoms with van der Waals surface area (Å²) in [7, 11) is 0. The summed E-state index contributed by atoms with van der Waals surface area (Å²) in [4.78, 5) is 23.8. The van der Waals surface area contributed by atoms with E-state index in [1.807, 2.05) is 0 Å². The van der Waals surface area contributed by atoms with Gasteiger partial charge in [0.05, 0.1) is 39.6 Å². The Morgan fingerprint density at radius 2 is 1.28 bits per heavy atom. The van der Waals surface area contributed by atoms with Crippen molar-refractivity contribution in [2.24, 2.45) is 0 Å². The van der Waals surface area contributed by atoms with E-state index in [0.717, 1.165) is 0 Å². The van der Waals surface area contributed by atoms with Crippen molar-refractivity contribution in [3.05, 3.63) is 23.7 Å². The summed E-state index contributed by atoms with van der Waals surface area (Å²) in [6.07, 6.45) is -1.83. The molecule has 11 nitrogen and oxygen atoms in total. The first-order valence-electron chi connectivity index (χ1n) is 9.20. The molecule has 29 heavy (non-hydrogen) atoms. The van der Waals surface area contributed by atoms with Gasteiger partial charge in [-0.3, -0.25) is 0 Å². The maximum Gasteiger partial charge on any atom is 0.374 e. The van der Waals surface area contributed by atoms with Crippen molar-refractivity contribution in [1.29, 1.82) is 0 Å². The van der Waals surface area contributed by atoms with Gasteiger partial charge in [0.1, 0.15) is 37.6 Å². The van der Waals surface area contributed by atoms with Crippen LogP contribution in [0.25, 0.3) is 0 Å². The van der Waals surface area contributed by atoms with Crippen molar-refractivity contribution in [3.63, 3.8) is 0 Å². The van der Waals surface area contributed by atoms with Gasteiger partial charge in [0.2, 0.25) is 11.5 Å². The standard InChI is InChI=1S/C18H24O11/c19-11(3-23-7-13-9-25-13)5-27-17(21)15-1-2-16(29-15)18(22)28-6-12(20)4-24-8-14-10-26-14/h1-2,11-14,19-20H,3-10H2. The number of esters is 2. The largest absolute Gasteiger partial charge is 0.457 e. The fourth-order valence-electron chi connectivity index (χ4n) is 2.14. The van der Waals surface area contributed by atoms with Crippen LogP contribution in [0.1, 0.15) is 21.1 Å². The van der Waals surface area contributed by atoms with E-state index in [1.165, 1.54) is 12.1 Å². The Kier molecular flexibility index (Phi) is 7.98. The van der Waals surface area contributed by atoms with Gasteiger partial charge in [0, 0.05) is 0 Å². The third-order valence-corrected chi connectivity index (χ3v) is 3.85. The van der Waals surface area contributed by atoms with Crippen LogP contribution in [0, 0.1) is 0 Å². The van der Waals surface area contributed by atoms with Gasteiger partial charge in [-0.25, -0.2) is 9.59 Å². The number of epoxide rings is 2. The molecule has 4 atom stereocenters. The van der Waals surface area contributed by atoms with E-state index in [2.05, 4.69) is 0 Å². The number of rotatable bonds is 14. The van der Waals surface area contributed by atoms with Crippen LogP contribution in [0.15, 0.2) is 16.5 Å². The Morgan fingerprint density at radius 3 is 1.66 bits per heavy atom. The van der Waals surface area contributed by atoms with Gasteiger partial charge in [-0.2, -0.15) is 0 Å². The van der Waals surface area contributed by atoms with E-state index in [0.29, 0.717) is 26.4 Å². The zero-order valence-electron chi connectivity index (χ0n) is 15.7. The molecule has 1 aromatic heterocycles. The molecule has 1 aromatic rings. The van der Waals surface area contributed by atoms with E-state index in [1.54, 1.807) is 0 Å². The maximum atomic E-state index is 11.9. The molecule has 2 N–H and O–H groups in total. The van der Waals surface area contributed by atoms with Crippen molar-refractivity contribution >= 4 is 11.9 Å². The first kappa shape index (κ1) is 21.7. The van der Waals surface area contributed by atoms with Crippen LogP contribution in [0.5, 0.6) is 0 Å². The number of hydrogen-bond donors (Lipinski definition) is 2. The van der Waals surface area contributed by atoms with Crippen molar-refractivity contribution in [2.45, 2.75) is 24.4 Å². The average molecular weight is 416 g/mol. The second-order valence-electron chi connectivity index (χ2n) is 6.65. The van der Waals surface area contributed by atoms with Crippen molar-refractivity contribution < 1.29 is 52.6 Å². The summed E-state index contributed by atoms with van der Waals surface area (Å²) in [5.74, 6) is -2.12. The number of ether oxygens (including phenoxy) is 6. The fourth-order valence-corrected chi connectivity index (χ4v) is 2.14. The molecule has 0 saturated carbocycles. The molecule has 0 amide bonds. The third kappa shape index (κ3) is 8.09. The third-order valence-electron chi connectivity index (χ3n) is 3.85. The van der Waals surface area contributed by atoms with Crippen LogP contribution in [0.3, 0.4) is 0 Å². The molecule has 0 aromatic carbocycles. The summed E-state index contributed by atoms with van der Waals surface area (Å²) in [6, 6.07) is 2.50. The molecule has 162 valence electrons. The SMILES string of the molecule is O=C(OCC(O)COCC1CO1)c1ccc(C(=O)OCC(O)COCC2CO2)o1. The topological polar surface area (TPSA) is 150 Å². The lowest BCUT2D eigenvalue weighted by molar-refractivity contribution is -0.0162. The summed E-state index contributed by atoms with van der Waals surface area (Å²) in [5, 5.41) is 19.4. The number of carbonyl (C=O) groups is 2. The number of aliphatic hydroxyl groups excluding tert-OH is 2. The lowest BCUT2D eigenvalue weighted by atomic mass is 10.4. The monoisotopic (exact) mass is 416 g/mol. The van der Waals surface area contributed by atoms with Gasteiger partial charge >= 0.3 is 11.9 Å². The lowest BCUT2D eigenvalue weighted by Crippen LogP contribution is -2.25. The predicted molar refractivity (Wildman–Crippen MR) is 92.4 cm³/mol. The molecule has 0 bridgehead atoms.